The summed E-state index contributed by atoms with van der Waals surface area (Å²) in [5.41, 5.74) is 3.53. The number of hydrogen-bond acceptors (Lipinski definition) is 3. The van der Waals surface area contributed by atoms with E-state index in [1.165, 1.54) is 6.39 Å². The maximum Gasteiger partial charge on any atom is 0.257 e. The van der Waals surface area contributed by atoms with Gasteiger partial charge < -0.3 is 14.7 Å². The summed E-state index contributed by atoms with van der Waals surface area (Å²) in [4.78, 5) is 19.6. The van der Waals surface area contributed by atoms with Crippen LogP contribution >= 0.6 is 0 Å². The molecule has 1 amide bonds. The highest BCUT2D eigenvalue weighted by Crippen LogP contribution is 2.21. The van der Waals surface area contributed by atoms with Gasteiger partial charge in [-0.05, 0) is 30.3 Å². The quantitative estimate of drug-likeness (QED) is 0.588. The summed E-state index contributed by atoms with van der Waals surface area (Å²) < 4.78 is 5.18. The highest BCUT2D eigenvalue weighted by atomic mass is 16.3. The third-order valence-electron chi connectivity index (χ3n) is 3.42. The van der Waals surface area contributed by atoms with Gasteiger partial charge >= 0.3 is 0 Å². The number of rotatable bonds is 2. The zero-order valence-electron chi connectivity index (χ0n) is 11.0. The number of fused-ring (bicyclic) bond motifs is 2. The van der Waals surface area contributed by atoms with Crippen molar-refractivity contribution in [3.63, 3.8) is 0 Å². The van der Waals surface area contributed by atoms with Gasteiger partial charge in [-0.1, -0.05) is 12.1 Å². The number of aromatic nitrogens is 2. The molecule has 2 N–H and O–H groups in total. The van der Waals surface area contributed by atoms with Gasteiger partial charge in [-0.2, -0.15) is 0 Å². The smallest absolute Gasteiger partial charge is 0.257 e. The molecule has 0 aliphatic carbocycles. The molecule has 0 unspecified atom stereocenters. The molecule has 0 aliphatic rings. The van der Waals surface area contributed by atoms with E-state index in [9.17, 15) is 4.79 Å². The molecular formula is C16H11N3O2. The second-order valence-electron chi connectivity index (χ2n) is 4.74. The number of carbonyl (C=O) groups is 1. The summed E-state index contributed by atoms with van der Waals surface area (Å²) in [6.07, 6.45) is 3.21. The Kier molecular flexibility index (Phi) is 2.50. The molecule has 0 fully saturated rings. The molecule has 0 radical (unpaired) electrons. The van der Waals surface area contributed by atoms with Crippen LogP contribution in [0.15, 0.2) is 59.5 Å². The van der Waals surface area contributed by atoms with E-state index >= 15 is 0 Å². The monoisotopic (exact) mass is 277 g/mol. The first-order chi connectivity index (χ1) is 10.3. The zero-order valence-corrected chi connectivity index (χ0v) is 11.0. The average Bonchev–Trinajstić information content (AvgIpc) is 3.14. The Morgan fingerprint density at radius 3 is 3.10 bits per heavy atom. The molecular weight excluding hydrogens is 266 g/mol. The van der Waals surface area contributed by atoms with Crippen LogP contribution in [0.5, 0.6) is 0 Å². The largest absolute Gasteiger partial charge is 0.443 e. The van der Waals surface area contributed by atoms with E-state index in [0.717, 1.165) is 10.9 Å². The van der Waals surface area contributed by atoms with Crippen LogP contribution in [0.25, 0.3) is 22.0 Å². The van der Waals surface area contributed by atoms with E-state index in [-0.39, 0.29) is 5.91 Å². The molecule has 0 spiro atoms. The minimum Gasteiger partial charge on any atom is -0.443 e. The first-order valence-corrected chi connectivity index (χ1v) is 6.52. The Balaban J connectivity index is 1.70. The van der Waals surface area contributed by atoms with Crippen molar-refractivity contribution in [1.29, 1.82) is 0 Å². The maximum absolute atomic E-state index is 12.4. The van der Waals surface area contributed by atoms with E-state index in [2.05, 4.69) is 15.3 Å². The Morgan fingerprint density at radius 2 is 2.14 bits per heavy atom. The number of benzene rings is 2. The van der Waals surface area contributed by atoms with Crippen LogP contribution in [0.4, 0.5) is 5.69 Å². The predicted molar refractivity (Wildman–Crippen MR) is 80.3 cm³/mol. The molecule has 2 aromatic heterocycles. The lowest BCUT2D eigenvalue weighted by molar-refractivity contribution is 0.102. The molecule has 2 aromatic carbocycles. The number of amides is 1. The number of carbonyl (C=O) groups excluding carboxylic acids is 1. The molecule has 5 nitrogen and oxygen atoms in total. The molecule has 5 heteroatoms. The first kappa shape index (κ1) is 11.7. The molecule has 4 aromatic rings. The molecule has 21 heavy (non-hydrogen) atoms. The summed E-state index contributed by atoms with van der Waals surface area (Å²) in [5.74, 6) is -0.161. The van der Waals surface area contributed by atoms with Crippen LogP contribution in [0.2, 0.25) is 0 Å². The number of aromatic amines is 1. The van der Waals surface area contributed by atoms with Crippen LogP contribution in [0.1, 0.15) is 10.4 Å². The third-order valence-corrected chi connectivity index (χ3v) is 3.42. The zero-order chi connectivity index (χ0) is 14.2. The van der Waals surface area contributed by atoms with Crippen LogP contribution in [-0.4, -0.2) is 15.9 Å². The molecule has 0 atom stereocenters. The summed E-state index contributed by atoms with van der Waals surface area (Å²) >= 11 is 0. The summed E-state index contributed by atoms with van der Waals surface area (Å²) in [6, 6.07) is 12.9. The second-order valence-corrected chi connectivity index (χ2v) is 4.74. The number of anilines is 1. The Hall–Kier alpha value is -3.08. The molecule has 0 bridgehead atoms. The van der Waals surface area contributed by atoms with Gasteiger partial charge in [0.25, 0.3) is 5.91 Å². The first-order valence-electron chi connectivity index (χ1n) is 6.52. The van der Waals surface area contributed by atoms with E-state index in [1.807, 2.05) is 24.4 Å². The fourth-order valence-corrected chi connectivity index (χ4v) is 2.41. The van der Waals surface area contributed by atoms with Gasteiger partial charge in [-0.15, -0.1) is 0 Å². The van der Waals surface area contributed by atoms with Gasteiger partial charge in [-0.3, -0.25) is 4.79 Å². The highest BCUT2D eigenvalue weighted by molar-refractivity contribution is 6.12. The van der Waals surface area contributed by atoms with Gasteiger partial charge in [0, 0.05) is 17.3 Å². The van der Waals surface area contributed by atoms with Crippen molar-refractivity contribution in [3.8, 4) is 0 Å². The molecule has 4 rings (SSSR count). The summed E-state index contributed by atoms with van der Waals surface area (Å²) in [5, 5.41) is 3.89. The molecule has 2 heterocycles. The normalized spacial score (nSPS) is 11.0. The van der Waals surface area contributed by atoms with Crippen molar-refractivity contribution in [3.05, 3.63) is 60.6 Å². The van der Waals surface area contributed by atoms with Crippen molar-refractivity contribution in [1.82, 2.24) is 9.97 Å². The standard InChI is InChI=1S/C16H11N3O2/c20-16(12-3-1-2-10-6-7-17-15(10)12)19-11-4-5-14-13(8-11)18-9-21-14/h1-9,17H,(H,19,20). The average molecular weight is 277 g/mol. The van der Waals surface area contributed by atoms with Crippen molar-refractivity contribution in [2.24, 2.45) is 0 Å². The van der Waals surface area contributed by atoms with Crippen molar-refractivity contribution < 1.29 is 9.21 Å². The molecule has 0 aliphatic heterocycles. The molecule has 0 saturated heterocycles. The van der Waals surface area contributed by atoms with E-state index < -0.39 is 0 Å². The van der Waals surface area contributed by atoms with Crippen LogP contribution in [0.3, 0.4) is 0 Å². The molecule has 0 saturated carbocycles. The van der Waals surface area contributed by atoms with Gasteiger partial charge in [0.2, 0.25) is 0 Å². The number of nitrogens with one attached hydrogen (secondary N) is 2. The number of para-hydroxylation sites is 1. The van der Waals surface area contributed by atoms with E-state index in [4.69, 9.17) is 4.42 Å². The van der Waals surface area contributed by atoms with Gasteiger partial charge in [-0.25, -0.2) is 4.98 Å². The minimum absolute atomic E-state index is 0.161. The lowest BCUT2D eigenvalue weighted by Crippen LogP contribution is -2.12. The van der Waals surface area contributed by atoms with E-state index in [0.29, 0.717) is 22.4 Å². The topological polar surface area (TPSA) is 70.9 Å². The predicted octanol–water partition coefficient (Wildman–Crippen LogP) is 3.56. The van der Waals surface area contributed by atoms with Crippen molar-refractivity contribution in [2.75, 3.05) is 5.32 Å². The minimum atomic E-state index is -0.161. The Morgan fingerprint density at radius 1 is 1.19 bits per heavy atom. The number of H-pyrrole nitrogens is 1. The summed E-state index contributed by atoms with van der Waals surface area (Å²) in [7, 11) is 0. The van der Waals surface area contributed by atoms with E-state index in [1.54, 1.807) is 24.3 Å². The Bertz CT molecular complexity index is 952. The third kappa shape index (κ3) is 1.95. The summed E-state index contributed by atoms with van der Waals surface area (Å²) in [6.45, 7) is 0. The fourth-order valence-electron chi connectivity index (χ4n) is 2.41. The lowest BCUT2D eigenvalue weighted by Gasteiger charge is -2.06. The lowest BCUT2D eigenvalue weighted by atomic mass is 10.1. The van der Waals surface area contributed by atoms with Crippen LogP contribution < -0.4 is 5.32 Å². The van der Waals surface area contributed by atoms with Crippen LogP contribution in [0, 0.1) is 0 Å². The van der Waals surface area contributed by atoms with Gasteiger partial charge in [0.1, 0.15) is 5.52 Å². The Labute approximate surface area is 119 Å². The van der Waals surface area contributed by atoms with Gasteiger partial charge in [0.05, 0.1) is 11.1 Å². The molecule has 102 valence electrons. The van der Waals surface area contributed by atoms with Gasteiger partial charge in [0.15, 0.2) is 12.0 Å². The van der Waals surface area contributed by atoms with Crippen molar-refractivity contribution >= 4 is 33.6 Å². The maximum atomic E-state index is 12.4. The number of nitrogens with zero attached hydrogens (tertiary/aromatic N) is 1. The number of oxazole rings is 1. The second kappa shape index (κ2) is 4.49. The van der Waals surface area contributed by atoms with Crippen molar-refractivity contribution in [2.45, 2.75) is 0 Å². The fraction of sp³-hybridized carbons (Fsp3) is 0. The SMILES string of the molecule is O=C(Nc1ccc2ocnc2c1)c1cccc2cc[nH]c12. The van der Waals surface area contributed by atoms with Crippen LogP contribution in [-0.2, 0) is 0 Å². The highest BCUT2D eigenvalue weighted by Gasteiger charge is 2.11. The number of hydrogen-bond donors (Lipinski definition) is 2.